The molecule has 4 rings (SSSR count). The second-order valence-electron chi connectivity index (χ2n) is 22.2. The number of piperidine rings is 1. The van der Waals surface area contributed by atoms with E-state index < -0.39 is 89.3 Å². The van der Waals surface area contributed by atoms with E-state index in [-0.39, 0.29) is 60.8 Å². The zero-order valence-electron chi connectivity index (χ0n) is 46.4. The number of rotatable bonds is 10. The second-order valence-corrected chi connectivity index (χ2v) is 22.2. The fraction of sp³-hybridized carbons (Fsp3) is 0.759. The number of esters is 2. The fourth-order valence-electron chi connectivity index (χ4n) is 11.1. The molecule has 2 saturated heterocycles. The maximum atomic E-state index is 14.6. The molecule has 0 aromatic carbocycles. The van der Waals surface area contributed by atoms with Crippen LogP contribution in [0, 0.1) is 40.9 Å². The molecule has 73 heavy (non-hydrogen) atoms. The lowest BCUT2D eigenvalue weighted by Gasteiger charge is -2.42. The third-order valence-electron chi connectivity index (χ3n) is 16.8. The maximum absolute atomic E-state index is 14.6. The van der Waals surface area contributed by atoms with E-state index in [0.717, 1.165) is 5.57 Å². The van der Waals surface area contributed by atoms with Crippen molar-refractivity contribution in [2.45, 2.75) is 214 Å². The monoisotopic (exact) mass is 1030 g/mol. The van der Waals surface area contributed by atoms with Crippen molar-refractivity contribution in [3.63, 3.8) is 0 Å². The molecule has 3 aliphatic heterocycles. The summed E-state index contributed by atoms with van der Waals surface area (Å²) in [6.45, 7) is 18.6. The number of aliphatic hydroxyl groups is 2. The second kappa shape index (κ2) is 28.3. The Kier molecular flexibility index (Phi) is 23.9. The molecule has 15 nitrogen and oxygen atoms in total. The standard InChI is InChI=1S/C58H91NO14/c1-14-57(10,15-2)56(66)72-46-27-25-42(32-49(46)69-12)31-38(6)48-34-45(60)37(5)30-40(8)51(62)52(70-13)50(61)39(7)29-35(3)21-17-16-18-22-36(4)47(68-11)33-43-26-24-41(9)58(67,73-43)53(63)54(64)59-28-20-19-23-44(59)55(65)71-48/h16-18,21-22,30,35,37-39,41-44,46-49,51-52,62,67H,14-15,19-20,23-29,31-34H2,1-13H3/b18-16+,21-17+,36-22+,40-30+/t35-,37-,38-,39-,41-,42+,43+,44+,46-,47+,48+,49-,51-,52+,58-/m1/s1. The van der Waals surface area contributed by atoms with Crippen molar-refractivity contribution in [2.75, 3.05) is 27.9 Å². The zero-order chi connectivity index (χ0) is 54.4. The molecule has 0 radical (unpaired) electrons. The number of carbonyl (C=O) groups is 6. The van der Waals surface area contributed by atoms with Crippen molar-refractivity contribution in [3.8, 4) is 0 Å². The normalized spacial score (nSPS) is 37.4. The lowest BCUT2D eigenvalue weighted by Crippen LogP contribution is -2.61. The SMILES string of the molecule is CCC(C)(CC)C(=O)O[C@@H]1CC[C@@H](C[C@@H](C)[C@@H]2CC(=O)[C@H](C)/C=C(\C)[C@@H](O)[C@@H](OC)C(=O)[C@H](C)C[C@H](C)/C=C/C=C/C=C(\C)[C@@H](OC)C[C@@H]3CC[C@@H](C)[C@@](O)(O3)C(=O)C(=O)N3CCCC[C@H]3C(=O)O2)C[C@H]1OC. The average molecular weight is 1030 g/mol. The van der Waals surface area contributed by atoms with E-state index in [2.05, 4.69) is 0 Å². The van der Waals surface area contributed by atoms with Crippen molar-refractivity contribution >= 4 is 35.2 Å². The van der Waals surface area contributed by atoms with Gasteiger partial charge < -0.3 is 43.5 Å². The topological polar surface area (TPSA) is 201 Å². The molecule has 3 fully saturated rings. The van der Waals surface area contributed by atoms with Gasteiger partial charge in [0.1, 0.15) is 36.2 Å². The summed E-state index contributed by atoms with van der Waals surface area (Å²) < 4.78 is 36.0. The number of ether oxygens (including phenoxy) is 6. The van der Waals surface area contributed by atoms with E-state index in [1.54, 1.807) is 41.1 Å². The lowest BCUT2D eigenvalue weighted by molar-refractivity contribution is -0.265. The molecule has 1 amide bonds. The molecule has 15 heteroatoms. The average Bonchev–Trinajstić information content (AvgIpc) is 3.37. The number of fused-ring (bicyclic) bond motifs is 3. The molecule has 3 heterocycles. The van der Waals surface area contributed by atoms with Gasteiger partial charge in [0.25, 0.3) is 11.7 Å². The highest BCUT2D eigenvalue weighted by molar-refractivity contribution is 6.39. The van der Waals surface area contributed by atoms with E-state index in [9.17, 15) is 39.0 Å². The molecule has 15 atom stereocenters. The summed E-state index contributed by atoms with van der Waals surface area (Å²) in [5.74, 6) is -8.43. The third kappa shape index (κ3) is 16.1. The van der Waals surface area contributed by atoms with Gasteiger partial charge in [-0.25, -0.2) is 4.79 Å². The molecule has 412 valence electrons. The van der Waals surface area contributed by atoms with Crippen LogP contribution in [0.2, 0.25) is 0 Å². The van der Waals surface area contributed by atoms with Crippen molar-refractivity contribution in [1.82, 2.24) is 4.90 Å². The molecule has 0 unspecified atom stereocenters. The molecular weight excluding hydrogens is 935 g/mol. The highest BCUT2D eigenvalue weighted by Gasteiger charge is 2.53. The van der Waals surface area contributed by atoms with Gasteiger partial charge in [-0.05, 0) is 127 Å². The first kappa shape index (κ1) is 61.7. The minimum atomic E-state index is -2.45. The summed E-state index contributed by atoms with van der Waals surface area (Å²) in [6.07, 6.45) is 12.4. The number of nitrogens with zero attached hydrogens (tertiary/aromatic N) is 1. The third-order valence-corrected chi connectivity index (χ3v) is 16.8. The van der Waals surface area contributed by atoms with Crippen LogP contribution in [0.5, 0.6) is 0 Å². The van der Waals surface area contributed by atoms with E-state index in [1.807, 2.05) is 78.8 Å². The first-order valence-corrected chi connectivity index (χ1v) is 27.2. The Labute approximate surface area is 436 Å². The molecule has 1 aliphatic carbocycles. The quantitative estimate of drug-likeness (QED) is 0.120. The summed E-state index contributed by atoms with van der Waals surface area (Å²) in [7, 11) is 4.56. The van der Waals surface area contributed by atoms with E-state index >= 15 is 0 Å². The Morgan fingerprint density at radius 1 is 0.863 bits per heavy atom. The van der Waals surface area contributed by atoms with Gasteiger partial charge in [-0.3, -0.25) is 24.0 Å². The summed E-state index contributed by atoms with van der Waals surface area (Å²) in [6, 6.07) is -1.17. The maximum Gasteiger partial charge on any atom is 0.329 e. The van der Waals surface area contributed by atoms with E-state index in [0.29, 0.717) is 82.6 Å². The Morgan fingerprint density at radius 3 is 2.21 bits per heavy atom. The van der Waals surface area contributed by atoms with Crippen molar-refractivity contribution in [1.29, 1.82) is 0 Å². The van der Waals surface area contributed by atoms with Crippen molar-refractivity contribution < 1.29 is 67.4 Å². The fourth-order valence-corrected chi connectivity index (χ4v) is 11.1. The predicted molar refractivity (Wildman–Crippen MR) is 278 cm³/mol. The van der Waals surface area contributed by atoms with Gasteiger partial charge in [-0.2, -0.15) is 0 Å². The number of hydrogen-bond donors (Lipinski definition) is 2. The van der Waals surface area contributed by atoms with Gasteiger partial charge in [-0.15, -0.1) is 0 Å². The molecule has 2 N–H and O–H groups in total. The minimum Gasteiger partial charge on any atom is -0.460 e. The molecule has 4 aliphatic rings. The summed E-state index contributed by atoms with van der Waals surface area (Å²) in [4.78, 5) is 85.9. The zero-order valence-corrected chi connectivity index (χ0v) is 46.4. The van der Waals surface area contributed by atoms with Gasteiger partial charge in [0.15, 0.2) is 5.78 Å². The number of hydrogen-bond acceptors (Lipinski definition) is 14. The van der Waals surface area contributed by atoms with Crippen LogP contribution in [0.1, 0.15) is 159 Å². The summed E-state index contributed by atoms with van der Waals surface area (Å²) in [5.41, 5.74) is 0.653. The van der Waals surface area contributed by atoms with Crippen LogP contribution in [0.4, 0.5) is 0 Å². The van der Waals surface area contributed by atoms with Crippen LogP contribution in [0.25, 0.3) is 0 Å². The summed E-state index contributed by atoms with van der Waals surface area (Å²) >= 11 is 0. The highest BCUT2D eigenvalue weighted by Crippen LogP contribution is 2.39. The predicted octanol–water partition coefficient (Wildman–Crippen LogP) is 8.56. The molecule has 0 spiro atoms. The number of cyclic esters (lactones) is 1. The molecule has 2 bridgehead atoms. The first-order valence-electron chi connectivity index (χ1n) is 27.2. The van der Waals surface area contributed by atoms with Gasteiger partial charge in [0.05, 0.1) is 23.7 Å². The minimum absolute atomic E-state index is 0.00816. The molecule has 0 aromatic rings. The van der Waals surface area contributed by atoms with Gasteiger partial charge in [0, 0.05) is 58.5 Å². The highest BCUT2D eigenvalue weighted by atomic mass is 16.6. The van der Waals surface area contributed by atoms with Gasteiger partial charge in [-0.1, -0.05) is 84.9 Å². The number of carbonyl (C=O) groups excluding carboxylic acids is 6. The Hall–Kier alpha value is -3.86. The first-order chi connectivity index (χ1) is 34.5. The summed E-state index contributed by atoms with van der Waals surface area (Å²) in [5, 5.41) is 23.6. The van der Waals surface area contributed by atoms with Crippen LogP contribution >= 0.6 is 0 Å². The van der Waals surface area contributed by atoms with E-state index in [4.69, 9.17) is 28.4 Å². The van der Waals surface area contributed by atoms with Crippen LogP contribution in [0.3, 0.4) is 0 Å². The van der Waals surface area contributed by atoms with Gasteiger partial charge >= 0.3 is 11.9 Å². The molecular formula is C58H91NO14. The Morgan fingerprint density at radius 2 is 1.56 bits per heavy atom. The Balaban J connectivity index is 1.69. The largest absolute Gasteiger partial charge is 0.460 e. The molecule has 1 saturated carbocycles. The Bertz CT molecular complexity index is 2000. The van der Waals surface area contributed by atoms with Crippen LogP contribution < -0.4 is 0 Å². The number of methoxy groups -OCH3 is 3. The number of Topliss-reactive ketones (excluding diaryl/α,β-unsaturated/α-hetero) is 3. The van der Waals surface area contributed by atoms with Crippen molar-refractivity contribution in [2.24, 2.45) is 40.9 Å². The number of ketones is 3. The van der Waals surface area contributed by atoms with Gasteiger partial charge in [0.2, 0.25) is 5.79 Å². The number of amides is 1. The smallest absolute Gasteiger partial charge is 0.329 e. The number of aliphatic hydroxyl groups excluding tert-OH is 1. The van der Waals surface area contributed by atoms with Crippen LogP contribution in [-0.4, -0.2) is 133 Å². The van der Waals surface area contributed by atoms with E-state index in [1.165, 1.54) is 12.0 Å². The lowest BCUT2D eigenvalue weighted by atomic mass is 9.78. The van der Waals surface area contributed by atoms with Crippen LogP contribution in [-0.2, 0) is 57.2 Å². The van der Waals surface area contributed by atoms with Crippen LogP contribution in [0.15, 0.2) is 47.6 Å². The van der Waals surface area contributed by atoms with Crippen molar-refractivity contribution in [3.05, 3.63) is 47.6 Å². The molecule has 0 aromatic heterocycles. The number of allylic oxidation sites excluding steroid dienone is 6.